The number of allylic oxidation sites excluding steroid dienone is 2. The number of amides is 2. The Bertz CT molecular complexity index is 2230. The number of nitrogens with zero attached hydrogens (tertiary/aromatic N) is 2. The van der Waals surface area contributed by atoms with Gasteiger partial charge < -0.3 is 19.1 Å². The molecule has 55 heavy (non-hydrogen) atoms. The van der Waals surface area contributed by atoms with Crippen LogP contribution in [0.4, 0.5) is 0 Å². The Hall–Kier alpha value is -4.00. The van der Waals surface area contributed by atoms with E-state index in [1.54, 1.807) is 25.1 Å². The minimum Gasteiger partial charge on any atom is -0.491 e. The van der Waals surface area contributed by atoms with Crippen LogP contribution in [0.3, 0.4) is 0 Å². The first-order valence-electron chi connectivity index (χ1n) is 23.6. The maximum atomic E-state index is 15.1. The molecule has 0 bridgehead atoms. The lowest BCUT2D eigenvalue weighted by atomic mass is 9.82. The van der Waals surface area contributed by atoms with Crippen LogP contribution in [0.25, 0.3) is 10.8 Å². The van der Waals surface area contributed by atoms with Crippen LogP contribution in [-0.4, -0.2) is 77.5 Å². The van der Waals surface area contributed by atoms with Gasteiger partial charge in [-0.3, -0.25) is 23.9 Å². The first-order chi connectivity index (χ1) is 29.6. The van der Waals surface area contributed by atoms with Gasteiger partial charge in [-0.2, -0.15) is 0 Å². The molecule has 0 radical (unpaired) electrons. The van der Waals surface area contributed by atoms with Gasteiger partial charge in [0.2, 0.25) is 27.7 Å². The van der Waals surface area contributed by atoms with Crippen LogP contribution in [-0.2, 0) is 33.9 Å². The first kappa shape index (κ1) is 30.2. The lowest BCUT2D eigenvalue weighted by Gasteiger charge is -2.32. The van der Waals surface area contributed by atoms with E-state index in [0.717, 1.165) is 5.39 Å². The fourth-order valence-electron chi connectivity index (χ4n) is 8.10. The van der Waals surface area contributed by atoms with Crippen molar-refractivity contribution in [3.8, 4) is 11.6 Å². The summed E-state index contributed by atoms with van der Waals surface area (Å²) in [7, 11) is -3.98. The number of fused-ring (bicyclic) bond motifs is 3. The van der Waals surface area contributed by atoms with Gasteiger partial charge in [0, 0.05) is 36.8 Å². The smallest absolute Gasteiger partial charge is 0.307 e. The van der Waals surface area contributed by atoms with Gasteiger partial charge in [-0.1, -0.05) is 26.0 Å². The number of hydrogen-bond acceptors (Lipinski definition) is 10. The molecule has 0 unspecified atom stereocenters. The molecule has 2 aliphatic carbocycles. The minimum atomic E-state index is -3.98. The maximum Gasteiger partial charge on any atom is 0.307 e. The van der Waals surface area contributed by atoms with Gasteiger partial charge >= 0.3 is 5.97 Å². The molecule has 1 N–H and O–H groups in total. The molecule has 2 amide bonds. The van der Waals surface area contributed by atoms with E-state index in [2.05, 4.69) is 9.71 Å². The van der Waals surface area contributed by atoms with Gasteiger partial charge in [-0.15, -0.1) is 0 Å². The highest BCUT2D eigenvalue weighted by molar-refractivity contribution is 7.90. The van der Waals surface area contributed by atoms with E-state index in [1.165, 1.54) is 11.1 Å². The zero-order chi connectivity index (χ0) is 47.4. The molecule has 2 aromatic rings. The van der Waals surface area contributed by atoms with E-state index < -0.39 is 113 Å². The van der Waals surface area contributed by atoms with Gasteiger partial charge in [0.05, 0.1) is 41.7 Å². The highest BCUT2D eigenvalue weighted by Crippen LogP contribution is 2.57. The molecule has 1 saturated heterocycles. The molecule has 3 fully saturated rings. The lowest BCUT2D eigenvalue weighted by molar-refractivity contribution is -0.160. The molecular weight excluding hydrogens is 723 g/mol. The van der Waals surface area contributed by atoms with Crippen molar-refractivity contribution in [3.63, 3.8) is 0 Å². The van der Waals surface area contributed by atoms with Crippen LogP contribution >= 0.6 is 0 Å². The van der Waals surface area contributed by atoms with E-state index in [9.17, 15) is 22.8 Å². The number of benzene rings is 1. The molecule has 2 saturated carbocycles. The number of sulfonamides is 1. The number of carbonyl (C=O) groups excluding carboxylic acids is 4. The summed E-state index contributed by atoms with van der Waals surface area (Å²) in [6.45, 7) is -4.40. The Morgan fingerprint density at radius 1 is 1.11 bits per heavy atom. The number of aromatic nitrogens is 1. The highest BCUT2D eigenvalue weighted by atomic mass is 32.2. The maximum absolute atomic E-state index is 15.1. The lowest BCUT2D eigenvalue weighted by Crippen LogP contribution is -2.47. The summed E-state index contributed by atoms with van der Waals surface area (Å²) >= 11 is 0. The van der Waals surface area contributed by atoms with Gasteiger partial charge in [0.1, 0.15) is 17.5 Å². The van der Waals surface area contributed by atoms with Crippen molar-refractivity contribution < 1.29 is 54.1 Å². The molecule has 3 heterocycles. The number of Topliss-reactive ketones (excluding diaryl/α,β-unsaturated/α-hetero) is 1. The number of ether oxygens (including phenoxy) is 3. The number of carbonyl (C=O) groups is 4. The average Bonchev–Trinajstić information content (AvgIpc) is 4.09. The van der Waals surface area contributed by atoms with E-state index in [4.69, 9.17) is 26.5 Å². The van der Waals surface area contributed by atoms with Crippen LogP contribution in [0.5, 0.6) is 11.6 Å². The van der Waals surface area contributed by atoms with Crippen LogP contribution in [0.15, 0.2) is 42.6 Å². The Morgan fingerprint density at radius 2 is 1.87 bits per heavy atom. The normalized spacial score (nSPS) is 32.9. The summed E-state index contributed by atoms with van der Waals surface area (Å²) < 4.78 is 117. The molecule has 0 spiro atoms. The van der Waals surface area contributed by atoms with Crippen molar-refractivity contribution in [2.75, 3.05) is 6.54 Å². The molecular formula is C42H57N3O9S. The fraction of sp³-hybridized carbons (Fsp3) is 0.643. The number of pyridine rings is 1. The molecule has 4 aliphatic rings. The van der Waals surface area contributed by atoms with Crippen LogP contribution < -0.4 is 14.2 Å². The third-order valence-electron chi connectivity index (χ3n) is 11.2. The summed E-state index contributed by atoms with van der Waals surface area (Å²) in [5, 5.41) is 0.632. The molecule has 7 atom stereocenters. The SMILES string of the molecule is [2H]C([2H])([2H])C(OC(=O)C[C@@H]1C(=O)N2C[C@H](Oc3nccc4cc(OC(C)C)ccc34)C[C@H]2C(=O)C[C@]2(C(=O)NS(=O)(=O)C3CC3)C[C@H]2/C=C\CC[C@@H](C)C[C@H]1C)(C([2H])([2H])[2H])C([2H])([2H])[2H]. The van der Waals surface area contributed by atoms with Gasteiger partial charge in [-0.25, -0.2) is 13.4 Å². The first-order valence-corrected chi connectivity index (χ1v) is 20.6. The average molecular weight is 789 g/mol. The second kappa shape index (κ2) is 15.9. The summed E-state index contributed by atoms with van der Waals surface area (Å²) in [5.74, 6) is -5.50. The topological polar surface area (TPSA) is 158 Å². The Kier molecular flexibility index (Phi) is 8.70. The number of nitrogens with one attached hydrogen (secondary N) is 1. The highest BCUT2D eigenvalue weighted by Gasteiger charge is 2.61. The summed E-state index contributed by atoms with van der Waals surface area (Å²) in [6, 6.07) is 5.83. The van der Waals surface area contributed by atoms with Crippen LogP contribution in [0.2, 0.25) is 0 Å². The largest absolute Gasteiger partial charge is 0.491 e. The number of ketones is 1. The van der Waals surface area contributed by atoms with Crippen LogP contribution in [0, 0.1) is 29.1 Å². The number of esters is 1. The summed E-state index contributed by atoms with van der Waals surface area (Å²) in [6.07, 6.45) is 5.23. The quantitative estimate of drug-likeness (QED) is 0.226. The van der Waals surface area contributed by atoms with Gasteiger partial charge in [0.15, 0.2) is 5.78 Å². The van der Waals surface area contributed by atoms with Gasteiger partial charge in [0.25, 0.3) is 0 Å². The Balaban J connectivity index is 1.38. The number of rotatable bonds is 9. The zero-order valence-electron chi connectivity index (χ0n) is 40.7. The Labute approximate surface area is 337 Å². The minimum absolute atomic E-state index is 0.0887. The molecule has 13 heteroatoms. The van der Waals surface area contributed by atoms with E-state index in [-0.39, 0.29) is 37.3 Å². The van der Waals surface area contributed by atoms with E-state index in [1.807, 2.05) is 39.0 Å². The molecule has 12 nitrogen and oxygen atoms in total. The third kappa shape index (κ3) is 9.70. The third-order valence-corrected chi connectivity index (χ3v) is 13.0. The molecule has 1 aromatic carbocycles. The molecule has 2 aliphatic heterocycles. The van der Waals surface area contributed by atoms with Crippen molar-refractivity contribution in [3.05, 3.63) is 42.6 Å². The van der Waals surface area contributed by atoms with Gasteiger partial charge in [-0.05, 0) is 120 Å². The summed E-state index contributed by atoms with van der Waals surface area (Å²) in [5.41, 5.74) is -5.36. The van der Waals surface area contributed by atoms with Crippen molar-refractivity contribution in [2.45, 2.75) is 135 Å². The predicted molar refractivity (Wildman–Crippen MR) is 208 cm³/mol. The van der Waals surface area contributed by atoms with E-state index in [0.29, 0.717) is 43.2 Å². The Morgan fingerprint density at radius 3 is 2.58 bits per heavy atom. The number of hydrogen-bond donors (Lipinski definition) is 1. The van der Waals surface area contributed by atoms with Crippen LogP contribution in [0.1, 0.15) is 118 Å². The molecule has 1 aromatic heterocycles. The summed E-state index contributed by atoms with van der Waals surface area (Å²) in [4.78, 5) is 63.4. The zero-order valence-corrected chi connectivity index (χ0v) is 32.5. The van der Waals surface area contributed by atoms with Crippen molar-refractivity contribution in [2.24, 2.45) is 29.1 Å². The molecule has 6 rings (SSSR count). The van der Waals surface area contributed by atoms with Crippen molar-refractivity contribution in [1.82, 2.24) is 14.6 Å². The standard InChI is InChI=1S/C42H57N3O9S/c1-25(2)52-30-12-15-33-28(19-30)16-17-43-38(33)53-31-20-35-36(46)23-42(40(49)44-55(50,51)32-13-14-32)22-29(42)11-9-8-10-26(3)18-27(4)34(39(48)45(35)24-31)21-37(47)54-41(5,6)7/h9,11-12,15-17,19,25-27,29,31-32,34-35H,8,10,13-14,18,20-24H2,1-7H3,(H,44,49)/b11-9-/t26-,27-,29-,31-,34+,35+,42-/m1/s1/i5D3,6D3,7D3. The predicted octanol–water partition coefficient (Wildman–Crippen LogP) is 6.30. The van der Waals surface area contributed by atoms with E-state index >= 15 is 4.79 Å². The second-order valence-corrected chi connectivity index (χ2v) is 18.2. The fourth-order valence-corrected chi connectivity index (χ4v) is 9.49. The monoisotopic (exact) mass is 788 g/mol. The molecule has 300 valence electrons. The van der Waals surface area contributed by atoms with Crippen molar-refractivity contribution in [1.29, 1.82) is 0 Å². The van der Waals surface area contributed by atoms with Crippen molar-refractivity contribution >= 4 is 44.4 Å². The second-order valence-electron chi connectivity index (χ2n) is 16.2.